The average Bonchev–Trinajstić information content (AvgIpc) is 2.16. The molecule has 0 aliphatic carbocycles. The Kier molecular flexibility index (Phi) is 7.93. The summed E-state index contributed by atoms with van der Waals surface area (Å²) in [6, 6.07) is 0. The van der Waals surface area contributed by atoms with E-state index >= 15 is 0 Å². The maximum absolute atomic E-state index is 9.62. The highest BCUT2D eigenvalue weighted by molar-refractivity contribution is 4.71. The van der Waals surface area contributed by atoms with Gasteiger partial charge < -0.3 is 20.4 Å². The van der Waals surface area contributed by atoms with Crippen molar-refractivity contribution < 1.29 is 20.4 Å². The van der Waals surface area contributed by atoms with E-state index in [1.165, 1.54) is 0 Å². The Labute approximate surface area is 97.9 Å². The highest BCUT2D eigenvalue weighted by atomic mass is 16.3. The van der Waals surface area contributed by atoms with Crippen LogP contribution in [0.1, 0.15) is 46.5 Å². The van der Waals surface area contributed by atoms with Crippen molar-refractivity contribution in [3.8, 4) is 0 Å². The largest absolute Gasteiger partial charge is 0.393 e. The Balaban J connectivity index is 3.81. The van der Waals surface area contributed by atoms with Crippen LogP contribution in [0, 0.1) is 5.92 Å². The molecule has 0 amide bonds. The maximum atomic E-state index is 9.62. The van der Waals surface area contributed by atoms with E-state index < -0.39 is 24.4 Å². The molecular formula is C12H26O4. The topological polar surface area (TPSA) is 80.9 Å². The quantitative estimate of drug-likeness (QED) is 0.497. The molecule has 0 fully saturated rings. The van der Waals surface area contributed by atoms with E-state index in [-0.39, 0.29) is 25.2 Å². The molecule has 0 aromatic rings. The summed E-state index contributed by atoms with van der Waals surface area (Å²) in [5.74, 6) is 0.105. The van der Waals surface area contributed by atoms with Crippen molar-refractivity contribution in [2.24, 2.45) is 5.92 Å². The van der Waals surface area contributed by atoms with E-state index in [1.54, 1.807) is 0 Å². The summed E-state index contributed by atoms with van der Waals surface area (Å²) in [6.45, 7) is 5.61. The summed E-state index contributed by atoms with van der Waals surface area (Å²) >= 11 is 0. The summed E-state index contributed by atoms with van der Waals surface area (Å²) in [4.78, 5) is 0. The molecule has 0 aromatic carbocycles. The molecule has 0 aliphatic rings. The van der Waals surface area contributed by atoms with Crippen LogP contribution in [0.5, 0.6) is 0 Å². The molecule has 4 atom stereocenters. The van der Waals surface area contributed by atoms with E-state index in [0.29, 0.717) is 6.42 Å². The van der Waals surface area contributed by atoms with Gasteiger partial charge in [0.15, 0.2) is 0 Å². The highest BCUT2D eigenvalue weighted by Crippen LogP contribution is 2.14. The van der Waals surface area contributed by atoms with E-state index in [9.17, 15) is 20.4 Å². The molecule has 4 nitrogen and oxygen atoms in total. The van der Waals surface area contributed by atoms with Crippen molar-refractivity contribution in [2.45, 2.75) is 70.9 Å². The number of hydrogen-bond acceptors (Lipinski definition) is 4. The van der Waals surface area contributed by atoms with Gasteiger partial charge in [-0.1, -0.05) is 20.8 Å². The van der Waals surface area contributed by atoms with Crippen molar-refractivity contribution in [3.05, 3.63) is 0 Å². The zero-order valence-electron chi connectivity index (χ0n) is 10.5. The molecule has 4 heteroatoms. The van der Waals surface area contributed by atoms with Crippen LogP contribution in [-0.4, -0.2) is 44.8 Å². The summed E-state index contributed by atoms with van der Waals surface area (Å²) in [5.41, 5.74) is 0. The third-order valence-corrected chi connectivity index (χ3v) is 2.84. The first-order chi connectivity index (χ1) is 7.36. The Morgan fingerprint density at radius 1 is 0.750 bits per heavy atom. The van der Waals surface area contributed by atoms with Crippen molar-refractivity contribution in [3.63, 3.8) is 0 Å². The van der Waals surface area contributed by atoms with E-state index in [2.05, 4.69) is 0 Å². The van der Waals surface area contributed by atoms with Crippen molar-refractivity contribution in [1.82, 2.24) is 0 Å². The standard InChI is InChI=1S/C12H26O4/c1-4-9(13)5-10(14)6-11(15)7-12(16)8(2)3/h8-16H,4-7H2,1-3H3/t9-,10+,11-,12-/m1/s1. The van der Waals surface area contributed by atoms with Gasteiger partial charge in [0, 0.05) is 0 Å². The van der Waals surface area contributed by atoms with Gasteiger partial charge in [0.25, 0.3) is 0 Å². The zero-order chi connectivity index (χ0) is 12.7. The van der Waals surface area contributed by atoms with Crippen LogP contribution in [-0.2, 0) is 0 Å². The van der Waals surface area contributed by atoms with Crippen LogP contribution in [0.15, 0.2) is 0 Å². The molecule has 0 unspecified atom stereocenters. The number of hydrogen-bond donors (Lipinski definition) is 4. The van der Waals surface area contributed by atoms with Gasteiger partial charge in [-0.05, 0) is 31.6 Å². The lowest BCUT2D eigenvalue weighted by Gasteiger charge is -2.21. The third kappa shape index (κ3) is 7.17. The fourth-order valence-corrected chi connectivity index (χ4v) is 1.54. The molecule has 4 N–H and O–H groups in total. The number of aliphatic hydroxyl groups is 4. The smallest absolute Gasteiger partial charge is 0.0589 e. The molecule has 0 saturated heterocycles. The Bertz CT molecular complexity index is 172. The molecule has 98 valence electrons. The van der Waals surface area contributed by atoms with E-state index in [4.69, 9.17) is 0 Å². The van der Waals surface area contributed by atoms with Gasteiger partial charge in [0.1, 0.15) is 0 Å². The molecule has 0 aromatic heterocycles. The number of rotatable bonds is 8. The Morgan fingerprint density at radius 2 is 1.19 bits per heavy atom. The lowest BCUT2D eigenvalue weighted by Crippen LogP contribution is -2.27. The minimum Gasteiger partial charge on any atom is -0.393 e. The molecule has 16 heavy (non-hydrogen) atoms. The van der Waals surface area contributed by atoms with Gasteiger partial charge >= 0.3 is 0 Å². The number of aliphatic hydroxyl groups excluding tert-OH is 4. The van der Waals surface area contributed by atoms with Crippen molar-refractivity contribution >= 4 is 0 Å². The second-order valence-electron chi connectivity index (χ2n) is 4.89. The van der Waals surface area contributed by atoms with Gasteiger partial charge in [-0.15, -0.1) is 0 Å². The minimum atomic E-state index is -0.712. The third-order valence-electron chi connectivity index (χ3n) is 2.84. The maximum Gasteiger partial charge on any atom is 0.0589 e. The second kappa shape index (κ2) is 8.01. The lowest BCUT2D eigenvalue weighted by atomic mass is 9.96. The van der Waals surface area contributed by atoms with Crippen LogP contribution in [0.4, 0.5) is 0 Å². The average molecular weight is 234 g/mol. The lowest BCUT2D eigenvalue weighted by molar-refractivity contribution is 0.00905. The minimum absolute atomic E-state index is 0.105. The Hall–Kier alpha value is -0.160. The van der Waals surface area contributed by atoms with E-state index in [0.717, 1.165) is 0 Å². The highest BCUT2D eigenvalue weighted by Gasteiger charge is 2.19. The first-order valence-electron chi connectivity index (χ1n) is 6.09. The predicted octanol–water partition coefficient (Wildman–Crippen LogP) is 0.666. The molecule has 0 rings (SSSR count). The SMILES string of the molecule is CC[C@@H](O)C[C@H](O)C[C@@H](O)C[C@@H](O)C(C)C. The summed E-state index contributed by atoms with van der Waals surface area (Å²) in [6.07, 6.45) is -1.11. The summed E-state index contributed by atoms with van der Waals surface area (Å²) in [5, 5.41) is 38.1. The second-order valence-corrected chi connectivity index (χ2v) is 4.89. The van der Waals surface area contributed by atoms with Gasteiger partial charge in [-0.25, -0.2) is 0 Å². The van der Waals surface area contributed by atoms with Crippen molar-refractivity contribution in [2.75, 3.05) is 0 Å². The van der Waals surface area contributed by atoms with Crippen LogP contribution in [0.3, 0.4) is 0 Å². The predicted molar refractivity (Wildman–Crippen MR) is 63.0 cm³/mol. The van der Waals surface area contributed by atoms with E-state index in [1.807, 2.05) is 20.8 Å². The fraction of sp³-hybridized carbons (Fsp3) is 1.00. The summed E-state index contributed by atoms with van der Waals surface area (Å²) in [7, 11) is 0. The van der Waals surface area contributed by atoms with Crippen molar-refractivity contribution in [1.29, 1.82) is 0 Å². The zero-order valence-corrected chi connectivity index (χ0v) is 10.5. The molecule has 0 bridgehead atoms. The normalized spacial score (nSPS) is 19.5. The van der Waals surface area contributed by atoms with Crippen LogP contribution in [0.25, 0.3) is 0 Å². The monoisotopic (exact) mass is 234 g/mol. The molecule has 0 spiro atoms. The summed E-state index contributed by atoms with van der Waals surface area (Å²) < 4.78 is 0. The van der Waals surface area contributed by atoms with Gasteiger partial charge in [0.2, 0.25) is 0 Å². The molecule has 0 radical (unpaired) electrons. The van der Waals surface area contributed by atoms with Gasteiger partial charge in [-0.2, -0.15) is 0 Å². The van der Waals surface area contributed by atoms with Gasteiger partial charge in [0.05, 0.1) is 24.4 Å². The first-order valence-corrected chi connectivity index (χ1v) is 6.09. The van der Waals surface area contributed by atoms with Crippen LogP contribution < -0.4 is 0 Å². The van der Waals surface area contributed by atoms with Crippen LogP contribution in [0.2, 0.25) is 0 Å². The molecule has 0 aliphatic heterocycles. The van der Waals surface area contributed by atoms with Gasteiger partial charge in [-0.3, -0.25) is 0 Å². The van der Waals surface area contributed by atoms with Crippen LogP contribution >= 0.6 is 0 Å². The molecular weight excluding hydrogens is 208 g/mol. The first kappa shape index (κ1) is 15.8. The molecule has 0 heterocycles. The molecule has 0 saturated carbocycles. The Morgan fingerprint density at radius 3 is 1.62 bits per heavy atom. The fourth-order valence-electron chi connectivity index (χ4n) is 1.54.